The summed E-state index contributed by atoms with van der Waals surface area (Å²) in [5.74, 6) is -4.94. The van der Waals surface area contributed by atoms with Gasteiger partial charge in [0.15, 0.2) is 17.5 Å². The van der Waals surface area contributed by atoms with Crippen LogP contribution in [0, 0.1) is 23.3 Å². The highest BCUT2D eigenvalue weighted by atomic mass is 32.2. The smallest absolute Gasteiger partial charge is 0.194 e. The number of thioether (sulfide) groups is 1. The molecule has 3 N–H and O–H groups in total. The summed E-state index contributed by atoms with van der Waals surface area (Å²) in [5, 5.41) is 38.7. The van der Waals surface area contributed by atoms with Gasteiger partial charge in [0, 0.05) is 10.5 Å². The first kappa shape index (κ1) is 22.7. The molecule has 0 amide bonds. The molecule has 0 radical (unpaired) electrons. The molecule has 2 aromatic carbocycles. The van der Waals surface area contributed by atoms with Crippen LogP contribution in [-0.2, 0) is 4.74 Å². The number of hydrogen-bond donors (Lipinski definition) is 3. The number of halogens is 4. The third-order valence-electron chi connectivity index (χ3n) is 4.99. The van der Waals surface area contributed by atoms with Crippen molar-refractivity contribution in [1.82, 2.24) is 15.0 Å². The molecule has 170 valence electrons. The Morgan fingerprint density at radius 1 is 1.03 bits per heavy atom. The van der Waals surface area contributed by atoms with Crippen molar-refractivity contribution >= 4 is 11.8 Å². The maximum absolute atomic E-state index is 13.6. The van der Waals surface area contributed by atoms with Crippen molar-refractivity contribution in [3.05, 3.63) is 65.9 Å². The van der Waals surface area contributed by atoms with Crippen LogP contribution in [0.4, 0.5) is 17.6 Å². The van der Waals surface area contributed by atoms with Crippen molar-refractivity contribution < 1.29 is 37.6 Å². The monoisotopic (exact) mass is 471 g/mol. The van der Waals surface area contributed by atoms with E-state index in [9.17, 15) is 32.9 Å². The predicted octanol–water partition coefficient (Wildman–Crippen LogP) is 2.27. The standard InChI is InChI=1S/C20H17F4N3O4S/c21-10-2-1-3-11(6-10)32-20-19(30)17(18(29)15(8-28)31-20)27-7-14(25-26-27)9-4-12(22)16(24)13(23)5-9/h1-7,15,17-20,28-30H,8H2/t15-,17+,18+,19-,20-/m1/s1. The molecule has 0 unspecified atom stereocenters. The van der Waals surface area contributed by atoms with Gasteiger partial charge in [-0.05, 0) is 30.3 Å². The molecule has 1 saturated heterocycles. The summed E-state index contributed by atoms with van der Waals surface area (Å²) >= 11 is 0.978. The Bertz CT molecular complexity index is 1090. The molecule has 0 aliphatic carbocycles. The van der Waals surface area contributed by atoms with Gasteiger partial charge in [0.25, 0.3) is 0 Å². The molecular formula is C20H17F4N3O4S. The maximum atomic E-state index is 13.6. The summed E-state index contributed by atoms with van der Waals surface area (Å²) in [4.78, 5) is 0.442. The second-order valence-corrected chi connectivity index (χ2v) is 8.28. The van der Waals surface area contributed by atoms with Crippen LogP contribution in [-0.4, -0.2) is 60.7 Å². The Labute approximate surface area is 183 Å². The van der Waals surface area contributed by atoms with E-state index in [2.05, 4.69) is 10.3 Å². The van der Waals surface area contributed by atoms with E-state index in [0.717, 1.165) is 28.6 Å². The van der Waals surface area contributed by atoms with Crippen molar-refractivity contribution in [3.8, 4) is 11.3 Å². The van der Waals surface area contributed by atoms with Gasteiger partial charge in [0.1, 0.15) is 41.3 Å². The Morgan fingerprint density at radius 2 is 1.75 bits per heavy atom. The number of hydrogen-bond acceptors (Lipinski definition) is 7. The van der Waals surface area contributed by atoms with Crippen LogP contribution in [0.1, 0.15) is 6.04 Å². The SMILES string of the molecule is OC[C@H]1O[C@H](Sc2cccc(F)c2)[C@H](O)[C@@H](n2cc(-c3cc(F)c(F)c(F)c3)nn2)[C@H]1O. The average molecular weight is 471 g/mol. The Morgan fingerprint density at radius 3 is 2.41 bits per heavy atom. The van der Waals surface area contributed by atoms with E-state index >= 15 is 0 Å². The van der Waals surface area contributed by atoms with Gasteiger partial charge < -0.3 is 20.1 Å². The molecule has 2 heterocycles. The average Bonchev–Trinajstić information content (AvgIpc) is 3.23. The Hall–Kier alpha value is -2.51. The van der Waals surface area contributed by atoms with Gasteiger partial charge in [-0.3, -0.25) is 0 Å². The van der Waals surface area contributed by atoms with Crippen LogP contribution in [0.25, 0.3) is 11.3 Å². The normalized spacial score (nSPS) is 25.8. The Balaban J connectivity index is 1.64. The number of aliphatic hydroxyl groups is 3. The molecule has 1 aliphatic rings. The zero-order valence-corrected chi connectivity index (χ0v) is 17.0. The molecule has 0 spiro atoms. The van der Waals surface area contributed by atoms with Crippen molar-refractivity contribution in [2.24, 2.45) is 0 Å². The van der Waals surface area contributed by atoms with E-state index in [-0.39, 0.29) is 11.3 Å². The van der Waals surface area contributed by atoms with Crippen molar-refractivity contribution in [2.45, 2.75) is 34.7 Å². The number of ether oxygens (including phenoxy) is 1. The van der Waals surface area contributed by atoms with Gasteiger partial charge in [0.2, 0.25) is 0 Å². The lowest BCUT2D eigenvalue weighted by atomic mass is 9.97. The lowest BCUT2D eigenvalue weighted by Crippen LogP contribution is -2.55. The van der Waals surface area contributed by atoms with Crippen molar-refractivity contribution in [2.75, 3.05) is 6.61 Å². The fraction of sp³-hybridized carbons (Fsp3) is 0.300. The maximum Gasteiger partial charge on any atom is 0.194 e. The second kappa shape index (κ2) is 9.16. The van der Waals surface area contributed by atoms with E-state index in [0.29, 0.717) is 4.90 Å². The minimum absolute atomic E-state index is 0.0384. The van der Waals surface area contributed by atoms with E-state index < -0.39 is 59.7 Å². The molecule has 12 heteroatoms. The summed E-state index contributed by atoms with van der Waals surface area (Å²) in [6.45, 7) is -0.583. The first-order valence-electron chi connectivity index (χ1n) is 9.40. The van der Waals surface area contributed by atoms with Gasteiger partial charge in [-0.2, -0.15) is 0 Å². The second-order valence-electron chi connectivity index (χ2n) is 7.11. The highest BCUT2D eigenvalue weighted by Crippen LogP contribution is 2.38. The van der Waals surface area contributed by atoms with Crippen LogP contribution in [0.2, 0.25) is 0 Å². The van der Waals surface area contributed by atoms with E-state index in [1.54, 1.807) is 6.07 Å². The van der Waals surface area contributed by atoms with Gasteiger partial charge >= 0.3 is 0 Å². The quantitative estimate of drug-likeness (QED) is 0.388. The highest BCUT2D eigenvalue weighted by Gasteiger charge is 2.46. The zero-order chi connectivity index (χ0) is 23.0. The van der Waals surface area contributed by atoms with Crippen molar-refractivity contribution in [3.63, 3.8) is 0 Å². The summed E-state index contributed by atoms with van der Waals surface area (Å²) in [6, 6.07) is 5.88. The molecule has 32 heavy (non-hydrogen) atoms. The van der Waals surface area contributed by atoms with E-state index in [4.69, 9.17) is 4.74 Å². The molecular weight excluding hydrogens is 454 g/mol. The minimum Gasteiger partial charge on any atom is -0.394 e. The van der Waals surface area contributed by atoms with Crippen LogP contribution >= 0.6 is 11.8 Å². The predicted molar refractivity (Wildman–Crippen MR) is 104 cm³/mol. The third kappa shape index (κ3) is 4.36. The summed E-state index contributed by atoms with van der Waals surface area (Å²) in [7, 11) is 0. The van der Waals surface area contributed by atoms with Crippen LogP contribution < -0.4 is 0 Å². The number of rotatable bonds is 5. The van der Waals surface area contributed by atoms with Gasteiger partial charge in [-0.15, -0.1) is 5.10 Å². The molecule has 1 aliphatic heterocycles. The summed E-state index contributed by atoms with van der Waals surface area (Å²) in [5.41, 5.74) is -1.16. The van der Waals surface area contributed by atoms with Crippen LogP contribution in [0.15, 0.2) is 47.5 Å². The number of aromatic nitrogens is 3. The zero-order valence-electron chi connectivity index (χ0n) is 16.1. The summed E-state index contributed by atoms with van der Waals surface area (Å²) < 4.78 is 60.5. The highest BCUT2D eigenvalue weighted by molar-refractivity contribution is 7.99. The lowest BCUT2D eigenvalue weighted by Gasteiger charge is -2.41. The van der Waals surface area contributed by atoms with Crippen molar-refractivity contribution in [1.29, 1.82) is 0 Å². The molecule has 4 rings (SSSR count). The van der Waals surface area contributed by atoms with Crippen LogP contribution in [0.5, 0.6) is 0 Å². The lowest BCUT2D eigenvalue weighted by molar-refractivity contribution is -0.178. The topological polar surface area (TPSA) is 101 Å². The molecule has 1 aromatic heterocycles. The largest absolute Gasteiger partial charge is 0.394 e. The van der Waals surface area contributed by atoms with Gasteiger partial charge in [0.05, 0.1) is 12.8 Å². The fourth-order valence-electron chi connectivity index (χ4n) is 3.41. The Kier molecular flexibility index (Phi) is 6.49. The molecule has 7 nitrogen and oxygen atoms in total. The summed E-state index contributed by atoms with van der Waals surface area (Å²) in [6.07, 6.45) is -2.71. The van der Waals surface area contributed by atoms with Gasteiger partial charge in [-0.1, -0.05) is 23.0 Å². The third-order valence-corrected chi connectivity index (χ3v) is 6.14. The van der Waals surface area contributed by atoms with Crippen LogP contribution in [0.3, 0.4) is 0 Å². The first-order valence-corrected chi connectivity index (χ1v) is 10.3. The minimum atomic E-state index is -1.63. The van der Waals surface area contributed by atoms with Gasteiger partial charge in [-0.25, -0.2) is 22.2 Å². The fourth-order valence-corrected chi connectivity index (χ4v) is 4.51. The first-order chi connectivity index (χ1) is 15.3. The molecule has 0 saturated carbocycles. The molecule has 3 aromatic rings. The molecule has 5 atom stereocenters. The molecule has 0 bridgehead atoms. The van der Waals surface area contributed by atoms with E-state index in [1.165, 1.54) is 24.4 Å². The number of aliphatic hydroxyl groups excluding tert-OH is 3. The molecule has 1 fully saturated rings. The number of benzene rings is 2. The number of nitrogens with zero attached hydrogens (tertiary/aromatic N) is 3. The van der Waals surface area contributed by atoms with E-state index in [1.807, 2.05) is 0 Å².